The second-order valence-electron chi connectivity index (χ2n) is 5.48. The lowest BCUT2D eigenvalue weighted by Gasteiger charge is -2.26. The van der Waals surface area contributed by atoms with Crippen molar-refractivity contribution in [3.05, 3.63) is 75.0 Å². The van der Waals surface area contributed by atoms with E-state index in [4.69, 9.17) is 16.6 Å². The van der Waals surface area contributed by atoms with Crippen molar-refractivity contribution < 1.29 is 4.42 Å². The summed E-state index contributed by atoms with van der Waals surface area (Å²) in [5.74, 6) is 0.890. The molecule has 122 valence electrons. The minimum absolute atomic E-state index is 0.0132. The summed E-state index contributed by atoms with van der Waals surface area (Å²) in [4.78, 5) is 7.94. The van der Waals surface area contributed by atoms with Crippen LogP contribution in [0.3, 0.4) is 0 Å². The van der Waals surface area contributed by atoms with Gasteiger partial charge in [-0.15, -0.1) is 11.3 Å². The van der Waals surface area contributed by atoms with Crippen LogP contribution >= 0.6 is 39.5 Å². The molecular formula is C17H14BrN3OS2. The first kappa shape index (κ1) is 15.8. The molecule has 0 unspecified atom stereocenters. The van der Waals surface area contributed by atoms with Crippen molar-refractivity contribution >= 4 is 44.6 Å². The number of nitrogens with zero attached hydrogens (tertiary/aromatic N) is 2. The van der Waals surface area contributed by atoms with Gasteiger partial charge in [0, 0.05) is 11.1 Å². The zero-order valence-electron chi connectivity index (χ0n) is 12.6. The second kappa shape index (κ2) is 6.66. The molecule has 0 radical (unpaired) electrons. The molecule has 7 heteroatoms. The van der Waals surface area contributed by atoms with E-state index in [9.17, 15) is 0 Å². The fourth-order valence-corrected chi connectivity index (χ4v) is 4.82. The number of thiocarbonyl (C=S) groups is 1. The lowest BCUT2D eigenvalue weighted by atomic mass is 10.0. The Morgan fingerprint density at radius 2 is 2.17 bits per heavy atom. The molecule has 4 heterocycles. The van der Waals surface area contributed by atoms with Crippen LogP contribution in [-0.4, -0.2) is 15.0 Å². The number of nitrogens with one attached hydrogen (secondary N) is 1. The number of rotatable bonds is 4. The van der Waals surface area contributed by atoms with E-state index in [2.05, 4.69) is 43.3 Å². The molecule has 0 bridgehead atoms. The molecule has 2 atom stereocenters. The van der Waals surface area contributed by atoms with E-state index < -0.39 is 0 Å². The summed E-state index contributed by atoms with van der Waals surface area (Å²) in [6.45, 7) is 0.627. The molecule has 24 heavy (non-hydrogen) atoms. The van der Waals surface area contributed by atoms with Crippen LogP contribution in [0.15, 0.2) is 63.1 Å². The lowest BCUT2D eigenvalue weighted by molar-refractivity contribution is 0.291. The van der Waals surface area contributed by atoms with Gasteiger partial charge in [-0.05, 0) is 64.5 Å². The van der Waals surface area contributed by atoms with Crippen molar-refractivity contribution in [1.82, 2.24) is 15.2 Å². The highest BCUT2D eigenvalue weighted by atomic mass is 79.9. The summed E-state index contributed by atoms with van der Waals surface area (Å²) in [6.07, 6.45) is 3.51. The minimum atomic E-state index is 0.0132. The molecule has 0 aromatic carbocycles. The Kier molecular flexibility index (Phi) is 4.39. The number of aromatic nitrogens is 1. The van der Waals surface area contributed by atoms with E-state index in [0.717, 1.165) is 20.4 Å². The number of pyridine rings is 1. The first-order valence-electron chi connectivity index (χ1n) is 7.48. The van der Waals surface area contributed by atoms with Crippen LogP contribution in [0.2, 0.25) is 0 Å². The number of furan rings is 1. The summed E-state index contributed by atoms with van der Waals surface area (Å²) >= 11 is 10.9. The van der Waals surface area contributed by atoms with Crippen LogP contribution in [0.4, 0.5) is 0 Å². The number of hydrogen-bond acceptors (Lipinski definition) is 4. The average Bonchev–Trinajstić information content (AvgIpc) is 3.31. The summed E-state index contributed by atoms with van der Waals surface area (Å²) in [5, 5.41) is 4.15. The molecule has 0 saturated carbocycles. The Morgan fingerprint density at radius 1 is 1.25 bits per heavy atom. The quantitative estimate of drug-likeness (QED) is 0.622. The van der Waals surface area contributed by atoms with Gasteiger partial charge in [0.15, 0.2) is 5.11 Å². The largest absolute Gasteiger partial charge is 0.467 e. The Balaban J connectivity index is 1.73. The van der Waals surface area contributed by atoms with E-state index in [1.165, 1.54) is 4.88 Å². The molecule has 3 aromatic heterocycles. The molecule has 1 N–H and O–H groups in total. The van der Waals surface area contributed by atoms with Gasteiger partial charge in [-0.2, -0.15) is 0 Å². The Bertz CT molecular complexity index is 835. The van der Waals surface area contributed by atoms with E-state index in [0.29, 0.717) is 6.54 Å². The van der Waals surface area contributed by atoms with Crippen molar-refractivity contribution in [1.29, 1.82) is 0 Å². The smallest absolute Gasteiger partial charge is 0.170 e. The van der Waals surface area contributed by atoms with E-state index in [1.807, 2.05) is 36.5 Å². The summed E-state index contributed by atoms with van der Waals surface area (Å²) in [6, 6.07) is 14.1. The molecule has 0 spiro atoms. The molecule has 3 aromatic rings. The first-order valence-corrected chi connectivity index (χ1v) is 9.50. The third-order valence-electron chi connectivity index (χ3n) is 3.99. The van der Waals surface area contributed by atoms with Crippen LogP contribution in [0.25, 0.3) is 0 Å². The molecule has 0 amide bonds. The predicted molar refractivity (Wildman–Crippen MR) is 102 cm³/mol. The topological polar surface area (TPSA) is 41.3 Å². The SMILES string of the molecule is S=C1N[C@H](c2ccccn2)[C@H](c2ccc(Br)s2)N1Cc1ccco1. The van der Waals surface area contributed by atoms with Gasteiger partial charge >= 0.3 is 0 Å². The zero-order valence-corrected chi connectivity index (χ0v) is 15.8. The third-order valence-corrected chi connectivity index (χ3v) is 6.04. The van der Waals surface area contributed by atoms with Gasteiger partial charge in [0.25, 0.3) is 0 Å². The third kappa shape index (κ3) is 2.99. The second-order valence-corrected chi connectivity index (χ2v) is 8.36. The number of halogens is 1. The van der Waals surface area contributed by atoms with Crippen LogP contribution in [0.1, 0.15) is 28.4 Å². The summed E-state index contributed by atoms with van der Waals surface area (Å²) in [5.41, 5.74) is 0.983. The van der Waals surface area contributed by atoms with Crippen molar-refractivity contribution in [3.8, 4) is 0 Å². The highest BCUT2D eigenvalue weighted by Crippen LogP contribution is 2.42. The zero-order chi connectivity index (χ0) is 16.5. The van der Waals surface area contributed by atoms with E-state index >= 15 is 0 Å². The van der Waals surface area contributed by atoms with Gasteiger partial charge < -0.3 is 14.6 Å². The van der Waals surface area contributed by atoms with Gasteiger partial charge in [0.1, 0.15) is 5.76 Å². The highest BCUT2D eigenvalue weighted by molar-refractivity contribution is 9.11. The minimum Gasteiger partial charge on any atom is -0.467 e. The fourth-order valence-electron chi connectivity index (χ4n) is 2.94. The first-order chi connectivity index (χ1) is 11.7. The molecule has 1 aliphatic rings. The normalized spacial score (nSPS) is 20.4. The molecular weight excluding hydrogens is 406 g/mol. The predicted octanol–water partition coefficient (Wildman–Crippen LogP) is 4.67. The number of hydrogen-bond donors (Lipinski definition) is 1. The average molecular weight is 420 g/mol. The van der Waals surface area contributed by atoms with Crippen LogP contribution in [-0.2, 0) is 6.54 Å². The van der Waals surface area contributed by atoms with Gasteiger partial charge in [-0.3, -0.25) is 4.98 Å². The summed E-state index contributed by atoms with van der Waals surface area (Å²) in [7, 11) is 0. The van der Waals surface area contributed by atoms with Gasteiger partial charge in [-0.1, -0.05) is 6.07 Å². The number of thiophene rings is 1. The van der Waals surface area contributed by atoms with Crippen molar-refractivity contribution in [2.45, 2.75) is 18.6 Å². The van der Waals surface area contributed by atoms with Crippen LogP contribution in [0, 0.1) is 0 Å². The maximum atomic E-state index is 5.61. The molecule has 1 saturated heterocycles. The fraction of sp³-hybridized carbons (Fsp3) is 0.176. The van der Waals surface area contributed by atoms with Gasteiger partial charge in [0.05, 0.1) is 34.4 Å². The van der Waals surface area contributed by atoms with Gasteiger partial charge in [-0.25, -0.2) is 0 Å². The maximum absolute atomic E-state index is 5.61. The van der Waals surface area contributed by atoms with Crippen molar-refractivity contribution in [2.75, 3.05) is 0 Å². The van der Waals surface area contributed by atoms with E-state index in [-0.39, 0.29) is 12.1 Å². The van der Waals surface area contributed by atoms with Gasteiger partial charge in [0.2, 0.25) is 0 Å². The Hall–Kier alpha value is -1.70. The monoisotopic (exact) mass is 419 g/mol. The van der Waals surface area contributed by atoms with Crippen molar-refractivity contribution in [3.63, 3.8) is 0 Å². The molecule has 1 aliphatic heterocycles. The van der Waals surface area contributed by atoms with Crippen LogP contribution < -0.4 is 5.32 Å². The van der Waals surface area contributed by atoms with E-state index in [1.54, 1.807) is 17.6 Å². The Labute approximate surface area is 157 Å². The molecule has 1 fully saturated rings. The molecule has 4 nitrogen and oxygen atoms in total. The van der Waals surface area contributed by atoms with Crippen LogP contribution in [0.5, 0.6) is 0 Å². The summed E-state index contributed by atoms with van der Waals surface area (Å²) < 4.78 is 6.63. The van der Waals surface area contributed by atoms with Crippen molar-refractivity contribution in [2.24, 2.45) is 0 Å². The lowest BCUT2D eigenvalue weighted by Crippen LogP contribution is -2.28. The standard InChI is InChI=1S/C17H14BrN3OS2/c18-14-7-6-13(24-14)16-15(12-5-1-2-8-19-12)20-17(23)21(16)10-11-4-3-9-22-11/h1-9,15-16H,10H2,(H,20,23)/t15-,16+/m1/s1. The highest BCUT2D eigenvalue weighted by Gasteiger charge is 2.40. The maximum Gasteiger partial charge on any atom is 0.170 e. The molecule has 4 rings (SSSR count). The molecule has 0 aliphatic carbocycles. The Morgan fingerprint density at radius 3 is 2.83 bits per heavy atom.